The van der Waals surface area contributed by atoms with Crippen LogP contribution in [0.3, 0.4) is 0 Å². The molecular formula is C62H84O8. The Kier molecular flexibility index (Phi) is 19.4. The van der Waals surface area contributed by atoms with Gasteiger partial charge in [-0.05, 0) is 138 Å². The van der Waals surface area contributed by atoms with E-state index in [-0.39, 0.29) is 27.6 Å². The molecule has 0 fully saturated rings. The lowest BCUT2D eigenvalue weighted by Crippen LogP contribution is -2.18. The first kappa shape index (κ1) is 58.3. The Bertz CT molecular complexity index is 2640. The lowest BCUT2D eigenvalue weighted by molar-refractivity contribution is -0.143. The van der Waals surface area contributed by atoms with Crippen molar-refractivity contribution in [2.24, 2.45) is 0 Å². The zero-order chi connectivity index (χ0) is 53.4. The summed E-state index contributed by atoms with van der Waals surface area (Å²) in [5, 5.41) is 42.4. The molecule has 0 atom stereocenters. The Labute approximate surface area is 420 Å². The summed E-state index contributed by atoms with van der Waals surface area (Å²) in [4.78, 5) is 23.3. The Morgan fingerprint density at radius 2 is 0.857 bits per heavy atom. The van der Waals surface area contributed by atoms with E-state index in [2.05, 4.69) is 89.7 Å². The molecule has 380 valence electrons. The summed E-state index contributed by atoms with van der Waals surface area (Å²) in [5.41, 5.74) is 13.8. The smallest absolute Gasteiger partial charge is 0.335 e. The first-order valence-electron chi connectivity index (χ1n) is 24.5. The quantitative estimate of drug-likeness (QED) is 0.0618. The van der Waals surface area contributed by atoms with Gasteiger partial charge in [0.15, 0.2) is 0 Å². The van der Waals surface area contributed by atoms with Gasteiger partial charge in [-0.15, -0.1) is 0 Å². The van der Waals surface area contributed by atoms with Gasteiger partial charge in [-0.1, -0.05) is 173 Å². The second-order valence-electron chi connectivity index (χ2n) is 23.1. The van der Waals surface area contributed by atoms with E-state index in [1.807, 2.05) is 109 Å². The van der Waals surface area contributed by atoms with Crippen molar-refractivity contribution in [1.29, 1.82) is 0 Å². The number of esters is 2. The van der Waals surface area contributed by atoms with Crippen LogP contribution in [0.2, 0.25) is 0 Å². The van der Waals surface area contributed by atoms with Gasteiger partial charge < -0.3 is 29.9 Å². The molecule has 70 heavy (non-hydrogen) atoms. The van der Waals surface area contributed by atoms with Crippen molar-refractivity contribution < 1.29 is 39.5 Å². The summed E-state index contributed by atoms with van der Waals surface area (Å²) in [6.45, 7) is 42.7. The number of phenolic OH excluding ortho intramolecular Hbond substituents is 4. The first-order chi connectivity index (χ1) is 32.1. The molecule has 0 radical (unpaired) electrons. The minimum atomic E-state index is -0.484. The number of aromatic hydroxyl groups is 4. The van der Waals surface area contributed by atoms with Gasteiger partial charge in [0.05, 0.1) is 6.61 Å². The highest BCUT2D eigenvalue weighted by atomic mass is 16.5. The summed E-state index contributed by atoms with van der Waals surface area (Å²) in [5.74, 6) is 1.23. The number of aryl methyl sites for hydroxylation is 7. The van der Waals surface area contributed by atoms with Crippen LogP contribution in [0.15, 0.2) is 73.3 Å². The van der Waals surface area contributed by atoms with Gasteiger partial charge in [-0.3, -0.25) is 4.79 Å². The van der Waals surface area contributed by atoms with Gasteiger partial charge in [0.1, 0.15) is 28.7 Å². The highest BCUT2D eigenvalue weighted by Gasteiger charge is 2.27. The zero-order valence-electron chi connectivity index (χ0n) is 46.0. The number of carbonyl (C=O) groups is 2. The number of hydrogen-bond acceptors (Lipinski definition) is 8. The van der Waals surface area contributed by atoms with Crippen molar-refractivity contribution in [3.05, 3.63) is 157 Å². The highest BCUT2D eigenvalue weighted by Crippen LogP contribution is 2.41. The Balaban J connectivity index is 0.000000279. The summed E-state index contributed by atoms with van der Waals surface area (Å²) < 4.78 is 10.5. The lowest BCUT2D eigenvalue weighted by Gasteiger charge is -2.28. The molecule has 8 heteroatoms. The Hall–Kier alpha value is -6.02. The van der Waals surface area contributed by atoms with Gasteiger partial charge in [-0.2, -0.15) is 0 Å². The predicted molar refractivity (Wildman–Crippen MR) is 288 cm³/mol. The van der Waals surface area contributed by atoms with Crippen LogP contribution < -0.4 is 4.74 Å². The maximum absolute atomic E-state index is 11.7. The topological polar surface area (TPSA) is 134 Å². The fourth-order valence-electron chi connectivity index (χ4n) is 8.64. The molecular weight excluding hydrogens is 873 g/mol. The van der Waals surface area contributed by atoms with E-state index in [4.69, 9.17) is 9.47 Å². The molecule has 0 spiro atoms. The Morgan fingerprint density at radius 3 is 1.26 bits per heavy atom. The van der Waals surface area contributed by atoms with E-state index in [1.54, 1.807) is 0 Å². The van der Waals surface area contributed by atoms with Gasteiger partial charge in [0.2, 0.25) is 0 Å². The summed E-state index contributed by atoms with van der Waals surface area (Å²) in [7, 11) is 0. The molecule has 0 amide bonds. The molecule has 4 N–H and O–H groups in total. The van der Waals surface area contributed by atoms with Crippen LogP contribution in [0.5, 0.6) is 28.7 Å². The predicted octanol–water partition coefficient (Wildman–Crippen LogP) is 14.7. The third kappa shape index (κ3) is 16.0. The number of phenols is 4. The fraction of sp³-hybridized carbons (Fsp3) is 0.452. The van der Waals surface area contributed by atoms with Gasteiger partial charge >= 0.3 is 11.9 Å². The second-order valence-corrected chi connectivity index (χ2v) is 23.1. The molecule has 5 rings (SSSR count). The molecule has 0 heterocycles. The largest absolute Gasteiger partial charge is 0.507 e. The fourth-order valence-corrected chi connectivity index (χ4v) is 8.64. The van der Waals surface area contributed by atoms with Crippen molar-refractivity contribution in [3.63, 3.8) is 0 Å². The number of ether oxygens (including phenoxy) is 2. The summed E-state index contributed by atoms with van der Waals surface area (Å²) in [6, 6.07) is 20.0. The molecule has 5 aromatic rings. The molecule has 0 saturated heterocycles. The average Bonchev–Trinajstić information content (AvgIpc) is 3.21. The van der Waals surface area contributed by atoms with E-state index in [0.29, 0.717) is 61.0 Å². The zero-order valence-corrected chi connectivity index (χ0v) is 46.0. The molecule has 0 unspecified atom stereocenters. The Morgan fingerprint density at radius 1 is 0.500 bits per heavy atom. The molecule has 0 bridgehead atoms. The number of benzene rings is 5. The van der Waals surface area contributed by atoms with Crippen LogP contribution in [-0.2, 0) is 55.2 Å². The van der Waals surface area contributed by atoms with E-state index in [9.17, 15) is 30.0 Å². The van der Waals surface area contributed by atoms with Crippen molar-refractivity contribution >= 4 is 11.9 Å². The normalized spacial score (nSPS) is 11.8. The van der Waals surface area contributed by atoms with Crippen LogP contribution in [0.4, 0.5) is 0 Å². The molecule has 0 saturated carbocycles. The maximum atomic E-state index is 11.7. The summed E-state index contributed by atoms with van der Waals surface area (Å²) in [6.07, 6.45) is 3.17. The van der Waals surface area contributed by atoms with Gasteiger partial charge in [-0.25, -0.2) is 4.79 Å². The SMILES string of the molecule is C=CC(=O)Oc1c(C)cc(C)cc1Cc1cc(C)cc(C(C)(C)C)c1O.CCOC(=O)CCc1cc(C(C)(C)C)c(O)c(C(C)(C)C)c1.Cc1cc(C)c(O)c(Cc2cc(C)cc(C(C)(C)C)c2O)c1. The van der Waals surface area contributed by atoms with E-state index in [1.165, 1.54) is 0 Å². The third-order valence-corrected chi connectivity index (χ3v) is 12.1. The molecule has 0 aliphatic carbocycles. The van der Waals surface area contributed by atoms with Crippen molar-refractivity contribution in [1.82, 2.24) is 0 Å². The summed E-state index contributed by atoms with van der Waals surface area (Å²) >= 11 is 0. The monoisotopic (exact) mass is 957 g/mol. The van der Waals surface area contributed by atoms with Crippen LogP contribution >= 0.6 is 0 Å². The molecule has 0 aliphatic rings. The standard InChI is InChI=1S/C23H28O3.C20H26O2.C19H30O3/c1-8-20(24)26-22-16(4)9-14(2)11-18(22)13-17-10-15(3)12-19(21(17)25)23(5,6)7;1-12-7-14(3)18(21)15(8-12)11-16-9-13(2)10-17(19(16)22)20(4,5)6;1-8-22-16(20)10-9-13-11-14(18(2,3)4)17(21)15(12-13)19(5,6)7/h8-12,25H,1,13H2,2-7H3;7-10,21-22H,11H2,1-6H3;11-12,21H,8-10H2,1-7H3. The van der Waals surface area contributed by atoms with Crippen LogP contribution in [-0.4, -0.2) is 39.0 Å². The number of hydrogen-bond donors (Lipinski definition) is 4. The van der Waals surface area contributed by atoms with Crippen molar-refractivity contribution in [2.75, 3.05) is 6.61 Å². The van der Waals surface area contributed by atoms with Crippen LogP contribution in [0, 0.1) is 41.5 Å². The minimum Gasteiger partial charge on any atom is -0.507 e. The average molecular weight is 957 g/mol. The van der Waals surface area contributed by atoms with Crippen LogP contribution in [0.1, 0.15) is 180 Å². The van der Waals surface area contributed by atoms with E-state index in [0.717, 1.165) is 89.5 Å². The van der Waals surface area contributed by atoms with Crippen molar-refractivity contribution in [2.45, 2.75) is 179 Å². The molecule has 8 nitrogen and oxygen atoms in total. The highest BCUT2D eigenvalue weighted by molar-refractivity contribution is 5.84. The third-order valence-electron chi connectivity index (χ3n) is 12.1. The van der Waals surface area contributed by atoms with Crippen molar-refractivity contribution in [3.8, 4) is 28.7 Å². The molecule has 5 aromatic carbocycles. The van der Waals surface area contributed by atoms with E-state index >= 15 is 0 Å². The minimum absolute atomic E-state index is 0.116. The van der Waals surface area contributed by atoms with Crippen LogP contribution in [0.25, 0.3) is 0 Å². The second kappa shape index (κ2) is 23.3. The maximum Gasteiger partial charge on any atom is 0.335 e. The molecule has 0 aromatic heterocycles. The van der Waals surface area contributed by atoms with E-state index < -0.39 is 5.97 Å². The number of rotatable bonds is 10. The van der Waals surface area contributed by atoms with Gasteiger partial charge in [0, 0.05) is 25.3 Å². The lowest BCUT2D eigenvalue weighted by atomic mass is 9.78. The first-order valence-corrected chi connectivity index (χ1v) is 24.5. The molecule has 0 aliphatic heterocycles. The number of carbonyl (C=O) groups excluding carboxylic acids is 2. The van der Waals surface area contributed by atoms with Gasteiger partial charge in [0.25, 0.3) is 0 Å².